The Morgan fingerprint density at radius 3 is 2.23 bits per heavy atom. The van der Waals surface area contributed by atoms with Gasteiger partial charge in [-0.3, -0.25) is 0 Å². The van der Waals surface area contributed by atoms with E-state index in [4.69, 9.17) is 0 Å². The molecule has 0 aliphatic rings. The van der Waals surface area contributed by atoms with E-state index < -0.39 is 27.7 Å². The van der Waals surface area contributed by atoms with Gasteiger partial charge in [0, 0.05) is 6.07 Å². The first kappa shape index (κ1) is 13.1. The van der Waals surface area contributed by atoms with Gasteiger partial charge >= 0.3 is 23.1 Å². The topological polar surface area (TPSA) is 9.23 Å². The van der Waals surface area contributed by atoms with E-state index in [1.54, 1.807) is 0 Å². The molecule has 0 aliphatic heterocycles. The molecule has 1 aromatic carbocycles. The second kappa shape index (κ2) is 5.07. The molecule has 0 aliphatic carbocycles. The minimum absolute atomic E-state index is 0. The summed E-state index contributed by atoms with van der Waals surface area (Å²) in [7, 11) is 1.10. The van der Waals surface area contributed by atoms with Gasteiger partial charge in [0.2, 0.25) is 0 Å². The lowest BCUT2D eigenvalue weighted by molar-refractivity contribution is 0.354. The van der Waals surface area contributed by atoms with E-state index in [1.807, 2.05) is 0 Å². The van der Waals surface area contributed by atoms with Gasteiger partial charge in [0.25, 0.3) is 0 Å². The van der Waals surface area contributed by atoms with Gasteiger partial charge in [-0.1, -0.05) is 0 Å². The highest BCUT2D eigenvalue weighted by Gasteiger charge is 2.17. The molecular weight excluding hydrogens is 261 g/mol. The molecule has 0 unspecified atom stereocenters. The second-order valence-electron chi connectivity index (χ2n) is 2.00. The van der Waals surface area contributed by atoms with E-state index in [2.05, 4.69) is 20.7 Å². The van der Waals surface area contributed by atoms with Crippen molar-refractivity contribution in [3.8, 4) is 5.75 Å². The quantitative estimate of drug-likeness (QED) is 0.429. The second-order valence-corrected chi connectivity index (χ2v) is 2.79. The Labute approximate surface area is 97.5 Å². The highest BCUT2D eigenvalue weighted by Crippen LogP contribution is 2.30. The van der Waals surface area contributed by atoms with Crippen molar-refractivity contribution in [2.75, 3.05) is 7.11 Å². The maximum absolute atomic E-state index is 12.9. The zero-order valence-corrected chi connectivity index (χ0v) is 7.58. The van der Waals surface area contributed by atoms with E-state index in [9.17, 15) is 13.2 Å². The largest absolute Gasteiger partial charge is 0.491 e. The summed E-state index contributed by atoms with van der Waals surface area (Å²) in [6.07, 6.45) is 0. The fourth-order valence-corrected chi connectivity index (χ4v) is 1.03. The van der Waals surface area contributed by atoms with Crippen molar-refractivity contribution in [2.24, 2.45) is 0 Å². The van der Waals surface area contributed by atoms with Crippen molar-refractivity contribution in [3.05, 3.63) is 28.0 Å². The molecule has 0 atom stereocenters. The van der Waals surface area contributed by atoms with Crippen molar-refractivity contribution in [1.82, 2.24) is 0 Å². The maximum atomic E-state index is 12.9. The van der Waals surface area contributed by atoms with Gasteiger partial charge in [0.05, 0.1) is 11.6 Å². The Balaban J connectivity index is 0.00000144. The summed E-state index contributed by atoms with van der Waals surface area (Å²) in [5, 5.41) is 0. The minimum atomic E-state index is -1.07. The zero-order chi connectivity index (χ0) is 9.30. The average Bonchev–Trinajstić information content (AvgIpc) is 2.01. The molecular formula is C7H6BrF3MgO. The van der Waals surface area contributed by atoms with Gasteiger partial charge in [0.1, 0.15) is 5.82 Å². The third-order valence-electron chi connectivity index (χ3n) is 1.28. The Bertz CT molecular complexity index is 319. The molecule has 0 amide bonds. The molecule has 0 radical (unpaired) electrons. The van der Waals surface area contributed by atoms with Crippen LogP contribution in [-0.2, 0) is 0 Å². The number of hydrogen-bond acceptors (Lipinski definition) is 1. The van der Waals surface area contributed by atoms with Crippen LogP contribution in [0.15, 0.2) is 10.5 Å². The SMILES string of the molecule is COc1c(F)cc(F)c(Br)c1F.[MgH2]. The molecule has 0 saturated carbocycles. The van der Waals surface area contributed by atoms with Crippen LogP contribution in [0.4, 0.5) is 13.2 Å². The number of ether oxygens (including phenoxy) is 1. The van der Waals surface area contributed by atoms with Crippen molar-refractivity contribution in [1.29, 1.82) is 0 Å². The fraction of sp³-hybridized carbons (Fsp3) is 0.143. The first-order valence-corrected chi connectivity index (χ1v) is 3.74. The Hall–Kier alpha value is 0.0562. The van der Waals surface area contributed by atoms with Crippen molar-refractivity contribution in [3.63, 3.8) is 0 Å². The highest BCUT2D eigenvalue weighted by molar-refractivity contribution is 9.10. The number of methoxy groups -OCH3 is 1. The Morgan fingerprint density at radius 1 is 1.23 bits per heavy atom. The monoisotopic (exact) mass is 266 g/mol. The summed E-state index contributed by atoms with van der Waals surface area (Å²) in [5.74, 6) is -3.72. The van der Waals surface area contributed by atoms with Crippen LogP contribution >= 0.6 is 15.9 Å². The van der Waals surface area contributed by atoms with E-state index in [1.165, 1.54) is 0 Å². The molecule has 0 saturated heterocycles. The molecule has 0 bridgehead atoms. The first-order chi connectivity index (χ1) is 5.57. The lowest BCUT2D eigenvalue weighted by Crippen LogP contribution is -1.95. The van der Waals surface area contributed by atoms with Crippen molar-refractivity contribution < 1.29 is 17.9 Å². The van der Waals surface area contributed by atoms with Gasteiger partial charge in [-0.15, -0.1) is 0 Å². The first-order valence-electron chi connectivity index (χ1n) is 2.95. The average molecular weight is 267 g/mol. The smallest absolute Gasteiger partial charge is 0.316 e. The third-order valence-corrected chi connectivity index (χ3v) is 2.00. The van der Waals surface area contributed by atoms with Crippen LogP contribution in [-0.4, -0.2) is 30.2 Å². The van der Waals surface area contributed by atoms with Crippen molar-refractivity contribution >= 4 is 39.0 Å². The van der Waals surface area contributed by atoms with Crippen LogP contribution in [0.25, 0.3) is 0 Å². The maximum Gasteiger partial charge on any atom is 0.316 e. The van der Waals surface area contributed by atoms with Crippen LogP contribution in [0.5, 0.6) is 5.75 Å². The number of rotatable bonds is 1. The molecule has 1 rings (SSSR count). The highest BCUT2D eigenvalue weighted by atomic mass is 79.9. The van der Waals surface area contributed by atoms with E-state index in [0.29, 0.717) is 6.07 Å². The molecule has 0 aromatic heterocycles. The molecule has 0 heterocycles. The van der Waals surface area contributed by atoms with Gasteiger partial charge in [0.15, 0.2) is 17.4 Å². The van der Waals surface area contributed by atoms with Gasteiger partial charge in [-0.25, -0.2) is 13.2 Å². The number of hydrogen-bond donors (Lipinski definition) is 0. The third kappa shape index (κ3) is 2.51. The molecule has 13 heavy (non-hydrogen) atoms. The van der Waals surface area contributed by atoms with Gasteiger partial charge in [-0.2, -0.15) is 0 Å². The predicted octanol–water partition coefficient (Wildman–Crippen LogP) is 1.96. The molecule has 1 nitrogen and oxygen atoms in total. The number of halogens is 4. The van der Waals surface area contributed by atoms with Crippen LogP contribution in [0.1, 0.15) is 0 Å². The molecule has 0 N–H and O–H groups in total. The van der Waals surface area contributed by atoms with E-state index in [0.717, 1.165) is 7.11 Å². The molecule has 6 heteroatoms. The van der Waals surface area contributed by atoms with E-state index >= 15 is 0 Å². The van der Waals surface area contributed by atoms with Crippen LogP contribution < -0.4 is 4.74 Å². The van der Waals surface area contributed by atoms with Crippen LogP contribution in [0.2, 0.25) is 0 Å². The Morgan fingerprint density at radius 2 is 1.77 bits per heavy atom. The summed E-state index contributed by atoms with van der Waals surface area (Å²) in [5.41, 5.74) is 0. The normalized spacial score (nSPS) is 9.31. The van der Waals surface area contributed by atoms with Gasteiger partial charge in [-0.05, 0) is 15.9 Å². The summed E-state index contributed by atoms with van der Waals surface area (Å²) in [4.78, 5) is 0. The predicted molar refractivity (Wildman–Crippen MR) is 49.1 cm³/mol. The summed E-state index contributed by atoms with van der Waals surface area (Å²) in [6.45, 7) is 0. The zero-order valence-electron chi connectivity index (χ0n) is 6.00. The fourth-order valence-electron chi connectivity index (χ4n) is 0.737. The summed E-state index contributed by atoms with van der Waals surface area (Å²) < 4.78 is 42.0. The Kier molecular flexibility index (Phi) is 5.09. The molecule has 70 valence electrons. The molecule has 1 aromatic rings. The standard InChI is InChI=1S/C7H4BrF3O.Mg.2H/c1-12-7-4(10)2-3(9)5(8)6(7)11;;;/h2H,1H3;;;. The lowest BCUT2D eigenvalue weighted by Gasteiger charge is -2.04. The van der Waals surface area contributed by atoms with Crippen molar-refractivity contribution in [2.45, 2.75) is 0 Å². The van der Waals surface area contributed by atoms with Gasteiger partial charge < -0.3 is 4.74 Å². The minimum Gasteiger partial charge on any atom is -0.491 e. The summed E-state index contributed by atoms with van der Waals surface area (Å²) in [6, 6.07) is 0.548. The number of benzene rings is 1. The van der Waals surface area contributed by atoms with Crippen LogP contribution in [0.3, 0.4) is 0 Å². The molecule has 0 spiro atoms. The summed E-state index contributed by atoms with van der Waals surface area (Å²) >= 11 is 2.61. The van der Waals surface area contributed by atoms with E-state index in [-0.39, 0.29) is 23.1 Å². The lowest BCUT2D eigenvalue weighted by atomic mass is 10.3. The molecule has 0 fully saturated rings. The van der Waals surface area contributed by atoms with Crippen LogP contribution in [0, 0.1) is 17.5 Å².